The maximum Gasteiger partial charge on any atom is 0.0624 e. The Morgan fingerprint density at radius 3 is 2.26 bits per heavy atom. The quantitative estimate of drug-likeness (QED) is 0.153. The van der Waals surface area contributed by atoms with Crippen LogP contribution >= 0.6 is 0 Å². The van der Waals surface area contributed by atoms with E-state index in [1.807, 2.05) is 38.1 Å². The molecule has 0 aromatic heterocycles. The molecule has 2 aromatic carbocycles. The van der Waals surface area contributed by atoms with Crippen molar-refractivity contribution in [3.05, 3.63) is 109 Å². The number of anilines is 2. The van der Waals surface area contributed by atoms with Gasteiger partial charge < -0.3 is 21.7 Å². The number of nitrogens with two attached hydrogens (primary N) is 1. The summed E-state index contributed by atoms with van der Waals surface area (Å²) >= 11 is 0. The Bertz CT molecular complexity index is 1060. The van der Waals surface area contributed by atoms with Gasteiger partial charge in [0.1, 0.15) is 0 Å². The SMILES string of the molecule is C=C(C)NCCNC(=C)C(C)Cc1ccc(C(=C)Nc2cc(/C(C)=C/C=C\C)ccc2N)cc1. The number of allylic oxidation sites excluding steroid dienone is 6. The molecule has 4 heteroatoms. The predicted molar refractivity (Wildman–Crippen MR) is 151 cm³/mol. The van der Waals surface area contributed by atoms with Gasteiger partial charge in [-0.1, -0.05) is 75.2 Å². The molecular weight excluding hydrogens is 416 g/mol. The van der Waals surface area contributed by atoms with Crippen LogP contribution in [0.15, 0.2) is 91.8 Å². The van der Waals surface area contributed by atoms with E-state index in [0.29, 0.717) is 11.6 Å². The zero-order valence-electron chi connectivity index (χ0n) is 21.2. The van der Waals surface area contributed by atoms with Crippen LogP contribution in [0.25, 0.3) is 11.3 Å². The molecule has 0 heterocycles. The fourth-order valence-electron chi connectivity index (χ4n) is 3.47. The van der Waals surface area contributed by atoms with Crippen LogP contribution in [-0.2, 0) is 6.42 Å². The van der Waals surface area contributed by atoms with Gasteiger partial charge >= 0.3 is 0 Å². The van der Waals surface area contributed by atoms with Gasteiger partial charge in [-0.05, 0) is 67.5 Å². The minimum atomic E-state index is 0.332. The van der Waals surface area contributed by atoms with Crippen molar-refractivity contribution >= 4 is 22.6 Å². The van der Waals surface area contributed by atoms with E-state index in [2.05, 4.69) is 85.9 Å². The van der Waals surface area contributed by atoms with E-state index in [9.17, 15) is 0 Å². The van der Waals surface area contributed by atoms with Crippen molar-refractivity contribution in [2.45, 2.75) is 34.1 Å². The third kappa shape index (κ3) is 8.36. The highest BCUT2D eigenvalue weighted by Crippen LogP contribution is 2.27. The number of rotatable bonds is 13. The van der Waals surface area contributed by atoms with Crippen molar-refractivity contribution in [2.75, 3.05) is 24.1 Å². The summed E-state index contributed by atoms with van der Waals surface area (Å²) in [7, 11) is 0. The van der Waals surface area contributed by atoms with Gasteiger partial charge in [0.05, 0.1) is 11.4 Å². The summed E-state index contributed by atoms with van der Waals surface area (Å²) in [4.78, 5) is 0. The second-order valence-electron chi connectivity index (χ2n) is 8.74. The van der Waals surface area contributed by atoms with Gasteiger partial charge in [0.25, 0.3) is 0 Å². The lowest BCUT2D eigenvalue weighted by Crippen LogP contribution is -2.28. The van der Waals surface area contributed by atoms with Crippen LogP contribution in [0.1, 0.15) is 44.4 Å². The molecule has 2 rings (SSSR count). The summed E-state index contributed by atoms with van der Waals surface area (Å²) in [5, 5.41) is 10.0. The summed E-state index contributed by atoms with van der Waals surface area (Å²) in [6.45, 7) is 22.2. The highest BCUT2D eigenvalue weighted by Gasteiger charge is 2.09. The number of benzene rings is 2. The summed E-state index contributed by atoms with van der Waals surface area (Å²) in [5.74, 6) is 0.332. The van der Waals surface area contributed by atoms with Crippen molar-refractivity contribution in [2.24, 2.45) is 5.92 Å². The summed E-state index contributed by atoms with van der Waals surface area (Å²) < 4.78 is 0. The highest BCUT2D eigenvalue weighted by atomic mass is 15.0. The van der Waals surface area contributed by atoms with E-state index >= 15 is 0 Å². The molecule has 0 aliphatic rings. The molecule has 1 atom stereocenters. The van der Waals surface area contributed by atoms with Crippen LogP contribution in [0.3, 0.4) is 0 Å². The molecule has 0 saturated carbocycles. The Kier molecular flexibility index (Phi) is 10.3. The van der Waals surface area contributed by atoms with E-state index in [0.717, 1.165) is 53.4 Å². The van der Waals surface area contributed by atoms with E-state index in [-0.39, 0.29) is 0 Å². The minimum Gasteiger partial charge on any atom is -0.397 e. The summed E-state index contributed by atoms with van der Waals surface area (Å²) in [6, 6.07) is 14.5. The maximum absolute atomic E-state index is 6.22. The highest BCUT2D eigenvalue weighted by molar-refractivity contribution is 5.83. The maximum atomic E-state index is 6.22. The Morgan fingerprint density at radius 2 is 1.62 bits per heavy atom. The smallest absolute Gasteiger partial charge is 0.0624 e. The molecular formula is C30H40N4. The van der Waals surface area contributed by atoms with Gasteiger partial charge in [-0.15, -0.1) is 0 Å². The van der Waals surface area contributed by atoms with E-state index < -0.39 is 0 Å². The fraction of sp³-hybridized carbons (Fsp3) is 0.267. The van der Waals surface area contributed by atoms with Crippen molar-refractivity contribution in [1.29, 1.82) is 0 Å². The first-order chi connectivity index (χ1) is 16.2. The first-order valence-electron chi connectivity index (χ1n) is 11.8. The third-order valence-electron chi connectivity index (χ3n) is 5.68. The first kappa shape index (κ1) is 26.6. The van der Waals surface area contributed by atoms with Gasteiger partial charge in [0.2, 0.25) is 0 Å². The number of nitrogen functional groups attached to an aromatic ring is 1. The molecule has 0 amide bonds. The second-order valence-corrected chi connectivity index (χ2v) is 8.74. The van der Waals surface area contributed by atoms with Gasteiger partial charge in [-0.2, -0.15) is 0 Å². The van der Waals surface area contributed by atoms with Crippen molar-refractivity contribution in [3.8, 4) is 0 Å². The Morgan fingerprint density at radius 1 is 0.971 bits per heavy atom. The normalized spacial score (nSPS) is 12.3. The first-order valence-corrected chi connectivity index (χ1v) is 11.8. The van der Waals surface area contributed by atoms with Gasteiger partial charge in [0.15, 0.2) is 0 Å². The fourth-order valence-corrected chi connectivity index (χ4v) is 3.47. The largest absolute Gasteiger partial charge is 0.397 e. The zero-order chi connectivity index (χ0) is 25.1. The zero-order valence-corrected chi connectivity index (χ0v) is 21.2. The van der Waals surface area contributed by atoms with Crippen LogP contribution in [0, 0.1) is 5.92 Å². The van der Waals surface area contributed by atoms with Crippen molar-refractivity contribution < 1.29 is 0 Å². The van der Waals surface area contributed by atoms with Crippen LogP contribution in [0.4, 0.5) is 11.4 Å². The molecule has 0 bridgehead atoms. The number of hydrogen-bond donors (Lipinski definition) is 4. The number of hydrogen-bond acceptors (Lipinski definition) is 4. The molecule has 0 aliphatic heterocycles. The van der Waals surface area contributed by atoms with Crippen molar-refractivity contribution in [1.82, 2.24) is 10.6 Å². The molecule has 0 radical (unpaired) electrons. The molecule has 0 saturated heterocycles. The van der Waals surface area contributed by atoms with Crippen LogP contribution in [0.5, 0.6) is 0 Å². The van der Waals surface area contributed by atoms with E-state index in [4.69, 9.17) is 5.73 Å². The van der Waals surface area contributed by atoms with Crippen molar-refractivity contribution in [3.63, 3.8) is 0 Å². The van der Waals surface area contributed by atoms with E-state index in [1.165, 1.54) is 11.1 Å². The van der Waals surface area contributed by atoms with Gasteiger partial charge in [-0.3, -0.25) is 0 Å². The standard InChI is InChI=1S/C30H40N4/c1-8-9-10-22(4)28-15-16-29(31)30(20-28)34-25(7)27-13-11-26(12-14-27)19-23(5)24(6)33-18-17-32-21(2)3/h8-16,20,23,32-34H,2,6-7,17-19,31H2,1,3-5H3/b9-8-,22-10+. The lowest BCUT2D eigenvalue weighted by molar-refractivity contribution is 0.595. The predicted octanol–water partition coefficient (Wildman–Crippen LogP) is 6.74. The Hall–Kier alpha value is -3.66. The minimum absolute atomic E-state index is 0.332. The average molecular weight is 457 g/mol. The summed E-state index contributed by atoms with van der Waals surface area (Å²) in [6.07, 6.45) is 7.06. The second kappa shape index (κ2) is 13.1. The molecule has 2 aromatic rings. The van der Waals surface area contributed by atoms with Gasteiger partial charge in [-0.25, -0.2) is 0 Å². The molecule has 180 valence electrons. The molecule has 34 heavy (non-hydrogen) atoms. The Balaban J connectivity index is 1.98. The van der Waals surface area contributed by atoms with Crippen LogP contribution in [0.2, 0.25) is 0 Å². The van der Waals surface area contributed by atoms with Crippen LogP contribution < -0.4 is 21.7 Å². The molecule has 0 spiro atoms. The average Bonchev–Trinajstić information content (AvgIpc) is 2.81. The summed E-state index contributed by atoms with van der Waals surface area (Å²) in [5.41, 5.74) is 15.2. The molecule has 1 unspecified atom stereocenters. The molecule has 0 fully saturated rings. The molecule has 0 aliphatic carbocycles. The van der Waals surface area contributed by atoms with E-state index in [1.54, 1.807) is 0 Å². The Labute approximate surface area is 206 Å². The van der Waals surface area contributed by atoms with Crippen LogP contribution in [-0.4, -0.2) is 13.1 Å². The third-order valence-corrected chi connectivity index (χ3v) is 5.68. The molecule has 4 nitrogen and oxygen atoms in total. The topological polar surface area (TPSA) is 62.1 Å². The number of nitrogens with one attached hydrogen (secondary N) is 3. The molecule has 5 N–H and O–H groups in total. The monoisotopic (exact) mass is 456 g/mol. The van der Waals surface area contributed by atoms with Gasteiger partial charge in [0, 0.05) is 30.2 Å². The lowest BCUT2D eigenvalue weighted by atomic mass is 9.97. The lowest BCUT2D eigenvalue weighted by Gasteiger charge is -2.18.